The molecule has 5 heteroatoms. The molecule has 1 aromatic rings. The fourth-order valence-corrected chi connectivity index (χ4v) is 3.67. The maximum atomic E-state index is 12.0. The molecule has 0 unspecified atom stereocenters. The van der Waals surface area contributed by atoms with E-state index in [0.29, 0.717) is 11.4 Å². The maximum absolute atomic E-state index is 12.0. The zero-order valence-electron chi connectivity index (χ0n) is 9.74. The van der Waals surface area contributed by atoms with Crippen molar-refractivity contribution in [2.24, 2.45) is 5.41 Å². The maximum Gasteiger partial charge on any atom is 0.240 e. The molecule has 1 N–H and O–H groups in total. The van der Waals surface area contributed by atoms with Gasteiger partial charge < -0.3 is 0 Å². The number of alkyl halides is 1. The van der Waals surface area contributed by atoms with E-state index in [9.17, 15) is 8.42 Å². The van der Waals surface area contributed by atoms with Crippen molar-refractivity contribution in [3.63, 3.8) is 0 Å². The molecule has 1 saturated carbocycles. The van der Waals surface area contributed by atoms with Gasteiger partial charge in [0, 0.05) is 11.9 Å². The van der Waals surface area contributed by atoms with Gasteiger partial charge in [-0.3, -0.25) is 0 Å². The lowest BCUT2D eigenvalue weighted by Gasteiger charge is -2.13. The Bertz CT molecular complexity index is 509. The number of hydrogen-bond acceptors (Lipinski definition) is 2. The summed E-state index contributed by atoms with van der Waals surface area (Å²) >= 11 is 3.43. The third-order valence-corrected chi connectivity index (χ3v) is 5.77. The van der Waals surface area contributed by atoms with Crippen molar-refractivity contribution in [3.8, 4) is 0 Å². The number of hydrogen-bond donors (Lipinski definition) is 1. The molecule has 0 bridgehead atoms. The molecular formula is C12H16BrNO2S. The highest BCUT2D eigenvalue weighted by molar-refractivity contribution is 9.09. The normalized spacial score (nSPS) is 18.0. The number of aryl methyl sites for hydroxylation is 1. The first-order chi connectivity index (χ1) is 7.97. The lowest BCUT2D eigenvalue weighted by Crippen LogP contribution is -2.31. The summed E-state index contributed by atoms with van der Waals surface area (Å²) in [4.78, 5) is 0.350. The number of nitrogens with one attached hydrogen (secondary N) is 1. The van der Waals surface area contributed by atoms with Crippen LogP contribution in [0, 0.1) is 12.3 Å². The zero-order chi connectivity index (χ0) is 12.5. The van der Waals surface area contributed by atoms with Gasteiger partial charge >= 0.3 is 0 Å². The Hall–Kier alpha value is -0.390. The van der Waals surface area contributed by atoms with E-state index in [2.05, 4.69) is 20.7 Å². The van der Waals surface area contributed by atoms with Crippen LogP contribution in [0.25, 0.3) is 0 Å². The molecule has 17 heavy (non-hydrogen) atoms. The van der Waals surface area contributed by atoms with Crippen LogP contribution in [0.1, 0.15) is 18.4 Å². The molecule has 2 rings (SSSR count). The first-order valence-corrected chi connectivity index (χ1v) is 8.20. The van der Waals surface area contributed by atoms with Crippen molar-refractivity contribution < 1.29 is 8.42 Å². The van der Waals surface area contributed by atoms with Crippen LogP contribution < -0.4 is 4.72 Å². The second-order valence-corrected chi connectivity index (χ2v) is 7.10. The van der Waals surface area contributed by atoms with Crippen molar-refractivity contribution in [2.45, 2.75) is 24.7 Å². The second-order valence-electron chi connectivity index (χ2n) is 4.77. The summed E-state index contributed by atoms with van der Waals surface area (Å²) in [7, 11) is -3.36. The molecule has 0 saturated heterocycles. The molecule has 3 nitrogen and oxygen atoms in total. The minimum absolute atomic E-state index is 0.150. The first kappa shape index (κ1) is 13.1. The van der Waals surface area contributed by atoms with E-state index in [1.165, 1.54) is 0 Å². The predicted molar refractivity (Wildman–Crippen MR) is 71.8 cm³/mol. The smallest absolute Gasteiger partial charge is 0.211 e. The number of benzene rings is 1. The van der Waals surface area contributed by atoms with Crippen LogP contribution >= 0.6 is 15.9 Å². The van der Waals surface area contributed by atoms with Gasteiger partial charge in [-0.1, -0.05) is 28.1 Å². The van der Waals surface area contributed by atoms with Crippen molar-refractivity contribution in [1.82, 2.24) is 4.72 Å². The summed E-state index contributed by atoms with van der Waals surface area (Å²) in [5.74, 6) is 0. The molecule has 0 heterocycles. The molecule has 94 valence electrons. The van der Waals surface area contributed by atoms with Crippen LogP contribution in [0.4, 0.5) is 0 Å². The first-order valence-electron chi connectivity index (χ1n) is 5.60. The van der Waals surface area contributed by atoms with Gasteiger partial charge in [0.25, 0.3) is 0 Å². The van der Waals surface area contributed by atoms with Gasteiger partial charge in [0.05, 0.1) is 4.90 Å². The summed E-state index contributed by atoms with van der Waals surface area (Å²) in [6.45, 7) is 2.41. The number of halogens is 1. The Balaban J connectivity index is 2.09. The van der Waals surface area contributed by atoms with Crippen molar-refractivity contribution in [2.75, 3.05) is 11.9 Å². The van der Waals surface area contributed by atoms with Gasteiger partial charge in [-0.15, -0.1) is 0 Å². The molecule has 0 radical (unpaired) electrons. The summed E-state index contributed by atoms with van der Waals surface area (Å²) in [5, 5.41) is 0.857. The summed E-state index contributed by atoms with van der Waals surface area (Å²) in [6.07, 6.45) is 2.18. The van der Waals surface area contributed by atoms with E-state index in [1.54, 1.807) is 18.2 Å². The average Bonchev–Trinajstić information content (AvgIpc) is 3.07. The van der Waals surface area contributed by atoms with E-state index in [0.717, 1.165) is 23.7 Å². The summed E-state index contributed by atoms with van der Waals surface area (Å²) in [6, 6.07) is 6.97. The van der Waals surface area contributed by atoms with E-state index in [4.69, 9.17) is 0 Å². The SMILES string of the molecule is Cc1cccc(S(=O)(=O)NCC2(CBr)CC2)c1. The second kappa shape index (κ2) is 4.71. The monoisotopic (exact) mass is 317 g/mol. The Morgan fingerprint density at radius 3 is 2.65 bits per heavy atom. The van der Waals surface area contributed by atoms with Gasteiger partial charge in [0.15, 0.2) is 0 Å². The Morgan fingerprint density at radius 2 is 2.12 bits per heavy atom. The standard InChI is InChI=1S/C12H16BrNO2S/c1-10-3-2-4-11(7-10)17(15,16)14-9-12(8-13)5-6-12/h2-4,7,14H,5-6,8-9H2,1H3. The third kappa shape index (κ3) is 3.09. The van der Waals surface area contributed by atoms with Gasteiger partial charge in [-0.25, -0.2) is 13.1 Å². The quantitative estimate of drug-likeness (QED) is 0.848. The fourth-order valence-electron chi connectivity index (χ4n) is 1.65. The average molecular weight is 318 g/mol. The lowest BCUT2D eigenvalue weighted by atomic mass is 10.1. The minimum atomic E-state index is -3.36. The molecule has 0 spiro atoms. The molecule has 0 atom stereocenters. The molecular weight excluding hydrogens is 302 g/mol. The number of rotatable bonds is 5. The minimum Gasteiger partial charge on any atom is -0.211 e. The molecule has 1 aromatic carbocycles. The summed E-state index contributed by atoms with van der Waals surface area (Å²) in [5.41, 5.74) is 1.10. The highest BCUT2D eigenvalue weighted by Crippen LogP contribution is 2.46. The van der Waals surface area contributed by atoms with E-state index >= 15 is 0 Å². The van der Waals surface area contributed by atoms with Gasteiger partial charge in [-0.2, -0.15) is 0 Å². The van der Waals surface area contributed by atoms with Crippen LogP contribution in [0.5, 0.6) is 0 Å². The van der Waals surface area contributed by atoms with Crippen molar-refractivity contribution >= 4 is 26.0 Å². The Kier molecular flexibility index (Phi) is 3.61. The molecule has 0 aromatic heterocycles. The highest BCUT2D eigenvalue weighted by Gasteiger charge is 2.42. The van der Waals surface area contributed by atoms with Crippen LogP contribution in [0.2, 0.25) is 0 Å². The van der Waals surface area contributed by atoms with Crippen LogP contribution in [-0.4, -0.2) is 20.3 Å². The van der Waals surface area contributed by atoms with Crippen molar-refractivity contribution in [3.05, 3.63) is 29.8 Å². The molecule has 1 fully saturated rings. The molecule has 1 aliphatic rings. The Labute approximate surface area is 111 Å². The van der Waals surface area contributed by atoms with Gasteiger partial charge in [-0.05, 0) is 42.9 Å². The zero-order valence-corrected chi connectivity index (χ0v) is 12.1. The number of sulfonamides is 1. The van der Waals surface area contributed by atoms with Crippen LogP contribution in [-0.2, 0) is 10.0 Å². The van der Waals surface area contributed by atoms with E-state index in [1.807, 2.05) is 13.0 Å². The largest absolute Gasteiger partial charge is 0.240 e. The van der Waals surface area contributed by atoms with Crippen LogP contribution in [0.15, 0.2) is 29.2 Å². The fraction of sp³-hybridized carbons (Fsp3) is 0.500. The lowest BCUT2D eigenvalue weighted by molar-refractivity contribution is 0.538. The Morgan fingerprint density at radius 1 is 1.41 bits per heavy atom. The predicted octanol–water partition coefficient (Wildman–Crippen LogP) is 2.45. The van der Waals surface area contributed by atoms with Gasteiger partial charge in [0.1, 0.15) is 0 Å². The highest BCUT2D eigenvalue weighted by atomic mass is 79.9. The molecule has 0 amide bonds. The van der Waals surface area contributed by atoms with Crippen LogP contribution in [0.3, 0.4) is 0 Å². The topological polar surface area (TPSA) is 46.2 Å². The molecule has 1 aliphatic carbocycles. The van der Waals surface area contributed by atoms with E-state index in [-0.39, 0.29) is 5.41 Å². The van der Waals surface area contributed by atoms with Crippen molar-refractivity contribution in [1.29, 1.82) is 0 Å². The summed E-state index contributed by atoms with van der Waals surface area (Å²) < 4.78 is 26.8. The van der Waals surface area contributed by atoms with E-state index < -0.39 is 10.0 Å². The third-order valence-electron chi connectivity index (χ3n) is 3.18. The van der Waals surface area contributed by atoms with Gasteiger partial charge in [0.2, 0.25) is 10.0 Å². The molecule has 0 aliphatic heterocycles.